The summed E-state index contributed by atoms with van der Waals surface area (Å²) in [5.74, 6) is 0.194. The molecule has 0 N–H and O–H groups in total. The molecule has 0 saturated carbocycles. The summed E-state index contributed by atoms with van der Waals surface area (Å²) in [6, 6.07) is 0. The molecule has 2 heteroatoms. The smallest absolute Gasteiger partial charge is 0.155 e. The third kappa shape index (κ3) is 2.45. The van der Waals surface area contributed by atoms with Gasteiger partial charge in [0.2, 0.25) is 0 Å². The Labute approximate surface area is 73.6 Å². The molecule has 2 nitrogen and oxygen atoms in total. The van der Waals surface area contributed by atoms with Crippen LogP contribution < -0.4 is 0 Å². The number of hydrogen-bond acceptors (Lipinski definition) is 2. The highest BCUT2D eigenvalue weighted by atomic mass is 16.5. The lowest BCUT2D eigenvalue weighted by atomic mass is 9.95. The topological polar surface area (TPSA) is 26.3 Å². The van der Waals surface area contributed by atoms with E-state index < -0.39 is 0 Å². The molecule has 1 unspecified atom stereocenters. The van der Waals surface area contributed by atoms with Gasteiger partial charge in [-0.2, -0.15) is 0 Å². The van der Waals surface area contributed by atoms with E-state index in [2.05, 4.69) is 0 Å². The molecule has 0 bridgehead atoms. The fourth-order valence-electron chi connectivity index (χ4n) is 1.52. The molecule has 1 aliphatic carbocycles. The van der Waals surface area contributed by atoms with E-state index in [0.717, 1.165) is 31.4 Å². The lowest BCUT2D eigenvalue weighted by molar-refractivity contribution is -0.114. The Balaban J connectivity index is 2.57. The van der Waals surface area contributed by atoms with Crippen molar-refractivity contribution in [2.24, 2.45) is 0 Å². The van der Waals surface area contributed by atoms with Gasteiger partial charge in [-0.25, -0.2) is 0 Å². The Kier molecular flexibility index (Phi) is 3.48. The van der Waals surface area contributed by atoms with Crippen LogP contribution in [0.1, 0.15) is 33.1 Å². The number of rotatable bonds is 3. The average Bonchev–Trinajstić information content (AvgIpc) is 2.05. The highest BCUT2D eigenvalue weighted by molar-refractivity contribution is 5.93. The molecule has 0 aromatic heterocycles. The molecule has 0 aromatic rings. The Morgan fingerprint density at radius 2 is 2.50 bits per heavy atom. The van der Waals surface area contributed by atoms with Crippen LogP contribution in [0.2, 0.25) is 0 Å². The van der Waals surface area contributed by atoms with Crippen LogP contribution in [-0.2, 0) is 9.53 Å². The van der Waals surface area contributed by atoms with Crippen LogP contribution in [0.5, 0.6) is 0 Å². The summed E-state index contributed by atoms with van der Waals surface area (Å²) in [6.45, 7) is 4.34. The second-order valence-electron chi connectivity index (χ2n) is 3.13. The van der Waals surface area contributed by atoms with E-state index in [1.807, 2.05) is 13.0 Å². The Hall–Kier alpha value is -0.630. The fourth-order valence-corrected chi connectivity index (χ4v) is 1.52. The number of Topliss-reactive ketones (excluding diaryl/α,β-unsaturated/α-hetero) is 1. The normalized spacial score (nSPS) is 23.5. The molecule has 0 heterocycles. The summed E-state index contributed by atoms with van der Waals surface area (Å²) < 4.78 is 5.43. The van der Waals surface area contributed by atoms with Crippen LogP contribution in [-0.4, -0.2) is 18.5 Å². The minimum Gasteiger partial charge on any atom is -0.374 e. The maximum atomic E-state index is 11.0. The van der Waals surface area contributed by atoms with Crippen LogP contribution in [0.15, 0.2) is 11.6 Å². The standard InChI is InChI=1S/C10H16O2/c1-3-12-10-6-4-5-9(7-10)8(2)11/h7,10H,3-6H2,1-2H3. The highest BCUT2D eigenvalue weighted by Gasteiger charge is 2.15. The zero-order valence-electron chi connectivity index (χ0n) is 7.80. The van der Waals surface area contributed by atoms with Gasteiger partial charge < -0.3 is 4.74 Å². The molecule has 68 valence electrons. The van der Waals surface area contributed by atoms with Gasteiger partial charge in [0.05, 0.1) is 6.10 Å². The quantitative estimate of drug-likeness (QED) is 0.645. The van der Waals surface area contributed by atoms with Gasteiger partial charge in [0, 0.05) is 6.61 Å². The third-order valence-electron chi connectivity index (χ3n) is 2.15. The summed E-state index contributed by atoms with van der Waals surface area (Å²) in [4.78, 5) is 11.0. The number of hydrogen-bond donors (Lipinski definition) is 0. The molecule has 0 aromatic carbocycles. The molecule has 1 atom stereocenters. The summed E-state index contributed by atoms with van der Waals surface area (Å²) >= 11 is 0. The zero-order valence-corrected chi connectivity index (χ0v) is 7.80. The molecule has 1 aliphatic rings. The van der Waals surface area contributed by atoms with Gasteiger partial charge in [0.1, 0.15) is 0 Å². The molecule has 0 fully saturated rings. The van der Waals surface area contributed by atoms with Crippen LogP contribution >= 0.6 is 0 Å². The van der Waals surface area contributed by atoms with Crippen LogP contribution in [0, 0.1) is 0 Å². The first-order valence-electron chi connectivity index (χ1n) is 4.57. The molecular weight excluding hydrogens is 152 g/mol. The summed E-state index contributed by atoms with van der Waals surface area (Å²) in [5.41, 5.74) is 0.944. The lowest BCUT2D eigenvalue weighted by Gasteiger charge is -2.19. The van der Waals surface area contributed by atoms with Crippen LogP contribution in [0.25, 0.3) is 0 Å². The van der Waals surface area contributed by atoms with E-state index in [1.165, 1.54) is 0 Å². The van der Waals surface area contributed by atoms with Crippen molar-refractivity contribution in [3.63, 3.8) is 0 Å². The number of allylic oxidation sites excluding steroid dienone is 1. The van der Waals surface area contributed by atoms with Crippen molar-refractivity contribution in [3.8, 4) is 0 Å². The first-order chi connectivity index (χ1) is 5.74. The van der Waals surface area contributed by atoms with E-state index in [9.17, 15) is 4.79 Å². The maximum Gasteiger partial charge on any atom is 0.155 e. The highest BCUT2D eigenvalue weighted by Crippen LogP contribution is 2.20. The number of ether oxygens (including phenoxy) is 1. The first kappa shape index (κ1) is 9.46. The van der Waals surface area contributed by atoms with Crippen LogP contribution in [0.3, 0.4) is 0 Å². The Morgan fingerprint density at radius 3 is 3.08 bits per heavy atom. The molecule has 1 rings (SSSR count). The third-order valence-corrected chi connectivity index (χ3v) is 2.15. The molecule has 12 heavy (non-hydrogen) atoms. The number of carbonyl (C=O) groups excluding carboxylic acids is 1. The van der Waals surface area contributed by atoms with Crippen molar-refractivity contribution in [1.29, 1.82) is 0 Å². The molecular formula is C10H16O2. The lowest BCUT2D eigenvalue weighted by Crippen LogP contribution is -2.16. The van der Waals surface area contributed by atoms with Gasteiger partial charge in [0.25, 0.3) is 0 Å². The summed E-state index contributed by atoms with van der Waals surface area (Å²) in [7, 11) is 0. The van der Waals surface area contributed by atoms with Crippen molar-refractivity contribution >= 4 is 5.78 Å². The van der Waals surface area contributed by atoms with Gasteiger partial charge in [-0.05, 0) is 44.8 Å². The minimum absolute atomic E-state index is 0.183. The van der Waals surface area contributed by atoms with E-state index in [-0.39, 0.29) is 11.9 Å². The molecule has 0 amide bonds. The maximum absolute atomic E-state index is 11.0. The summed E-state index contributed by atoms with van der Waals surface area (Å²) in [6.07, 6.45) is 5.23. The number of carbonyl (C=O) groups is 1. The van der Waals surface area contributed by atoms with Crippen molar-refractivity contribution in [2.75, 3.05) is 6.61 Å². The van der Waals surface area contributed by atoms with Gasteiger partial charge in [-0.1, -0.05) is 0 Å². The predicted octanol–water partition coefficient (Wildman–Crippen LogP) is 2.09. The Morgan fingerprint density at radius 1 is 1.75 bits per heavy atom. The number of ketones is 1. The minimum atomic E-state index is 0.183. The SMILES string of the molecule is CCOC1C=C(C(C)=O)CCC1. The van der Waals surface area contributed by atoms with Gasteiger partial charge >= 0.3 is 0 Å². The monoisotopic (exact) mass is 168 g/mol. The van der Waals surface area contributed by atoms with Crippen molar-refractivity contribution in [2.45, 2.75) is 39.2 Å². The van der Waals surface area contributed by atoms with Crippen molar-refractivity contribution < 1.29 is 9.53 Å². The Bertz CT molecular complexity index is 194. The second-order valence-corrected chi connectivity index (χ2v) is 3.13. The fraction of sp³-hybridized carbons (Fsp3) is 0.700. The van der Waals surface area contributed by atoms with Crippen molar-refractivity contribution in [3.05, 3.63) is 11.6 Å². The first-order valence-corrected chi connectivity index (χ1v) is 4.57. The summed E-state index contributed by atoms with van der Waals surface area (Å²) in [5, 5.41) is 0. The van der Waals surface area contributed by atoms with E-state index >= 15 is 0 Å². The van der Waals surface area contributed by atoms with Gasteiger partial charge in [-0.15, -0.1) is 0 Å². The van der Waals surface area contributed by atoms with E-state index in [1.54, 1.807) is 6.92 Å². The average molecular weight is 168 g/mol. The van der Waals surface area contributed by atoms with E-state index in [4.69, 9.17) is 4.74 Å². The predicted molar refractivity (Wildman–Crippen MR) is 48.0 cm³/mol. The zero-order chi connectivity index (χ0) is 8.97. The molecule has 0 radical (unpaired) electrons. The van der Waals surface area contributed by atoms with Crippen LogP contribution in [0.4, 0.5) is 0 Å². The molecule has 0 aliphatic heterocycles. The van der Waals surface area contributed by atoms with Crippen molar-refractivity contribution in [1.82, 2.24) is 0 Å². The van der Waals surface area contributed by atoms with E-state index in [0.29, 0.717) is 0 Å². The molecule has 0 spiro atoms. The van der Waals surface area contributed by atoms with Gasteiger partial charge in [-0.3, -0.25) is 4.79 Å². The molecule has 0 saturated heterocycles. The van der Waals surface area contributed by atoms with Gasteiger partial charge in [0.15, 0.2) is 5.78 Å². The largest absolute Gasteiger partial charge is 0.374 e. The second kappa shape index (κ2) is 4.41.